The smallest absolute Gasteiger partial charge is 0.211 e. The highest BCUT2D eigenvalue weighted by atomic mass is 35.5. The van der Waals surface area contributed by atoms with Crippen molar-refractivity contribution in [1.29, 1.82) is 10.5 Å². The van der Waals surface area contributed by atoms with Gasteiger partial charge in [-0.25, -0.2) is 14.4 Å². The molecule has 1 atom stereocenters. The Labute approximate surface area is 204 Å². The van der Waals surface area contributed by atoms with E-state index in [1.54, 1.807) is 24.4 Å². The Morgan fingerprint density at radius 3 is 2.69 bits per heavy atom. The zero-order chi connectivity index (χ0) is 25.1. The first kappa shape index (κ1) is 23.4. The highest BCUT2D eigenvalue weighted by Crippen LogP contribution is 2.42. The van der Waals surface area contributed by atoms with Gasteiger partial charge in [0.15, 0.2) is 17.7 Å². The lowest BCUT2D eigenvalue weighted by molar-refractivity contribution is 0.284. The van der Waals surface area contributed by atoms with Crippen LogP contribution in [0.25, 0.3) is 0 Å². The van der Waals surface area contributed by atoms with Crippen molar-refractivity contribution in [3.05, 3.63) is 69.5 Å². The van der Waals surface area contributed by atoms with E-state index in [-0.39, 0.29) is 40.5 Å². The number of benzene rings is 2. The van der Waals surface area contributed by atoms with E-state index in [4.69, 9.17) is 37.8 Å². The van der Waals surface area contributed by atoms with Crippen LogP contribution >= 0.6 is 11.6 Å². The highest BCUT2D eigenvalue weighted by Gasteiger charge is 2.30. The van der Waals surface area contributed by atoms with E-state index in [1.807, 2.05) is 6.07 Å². The molecular weight excluding hydrogens is 475 g/mol. The molecule has 0 spiro atoms. The van der Waals surface area contributed by atoms with Gasteiger partial charge in [-0.3, -0.25) is 5.32 Å². The molecule has 1 aliphatic rings. The summed E-state index contributed by atoms with van der Waals surface area (Å²) in [6.45, 7) is 0.0467. The minimum atomic E-state index is -0.759. The number of aliphatic imine (C=N–C) groups is 1. The monoisotopic (exact) mass is 492 g/mol. The number of nitriles is 2. The number of pyridine rings is 1. The van der Waals surface area contributed by atoms with Crippen LogP contribution in [0.4, 0.5) is 21.7 Å². The molecule has 0 aliphatic carbocycles. The summed E-state index contributed by atoms with van der Waals surface area (Å²) in [5.41, 5.74) is 13.9. The molecule has 0 amide bonds. The third-order valence-electron chi connectivity index (χ3n) is 5.26. The fraction of sp³-hybridized carbons (Fsp3) is 0.130. The van der Waals surface area contributed by atoms with E-state index in [2.05, 4.69) is 20.6 Å². The summed E-state index contributed by atoms with van der Waals surface area (Å²) < 4.78 is 24.7. The summed E-state index contributed by atoms with van der Waals surface area (Å²) in [6.07, 6.45) is 1.80. The van der Waals surface area contributed by atoms with E-state index in [9.17, 15) is 9.65 Å². The maximum Gasteiger partial charge on any atom is 0.211 e. The Kier molecular flexibility index (Phi) is 6.44. The Bertz CT molecular complexity index is 1430. The molecule has 35 heavy (non-hydrogen) atoms. The summed E-state index contributed by atoms with van der Waals surface area (Å²) in [5.74, 6) is 0.666. The van der Waals surface area contributed by atoms with E-state index < -0.39 is 11.9 Å². The van der Waals surface area contributed by atoms with Crippen molar-refractivity contribution >= 4 is 34.9 Å². The number of ether oxygens (including phenoxy) is 2. The average Bonchev–Trinajstić information content (AvgIpc) is 2.83. The van der Waals surface area contributed by atoms with E-state index >= 15 is 0 Å². The fourth-order valence-corrected chi connectivity index (χ4v) is 3.81. The number of halogens is 2. The fourth-order valence-electron chi connectivity index (χ4n) is 3.59. The van der Waals surface area contributed by atoms with Crippen LogP contribution in [0, 0.1) is 28.6 Å². The average molecular weight is 493 g/mol. The summed E-state index contributed by atoms with van der Waals surface area (Å²) in [7, 11) is 1.49. The summed E-state index contributed by atoms with van der Waals surface area (Å²) in [6, 6.07) is 10.3. The van der Waals surface area contributed by atoms with Gasteiger partial charge in [-0.2, -0.15) is 10.5 Å². The standard InChI is InChI=1S/C23H18ClFN8O2/c1-34-16-5-3-11(6-17(16)35-9-12-2-4-13(25)7-15(12)24)20-18-19(28)14(8-26)21(29)32-22(18)33-23(31-20)30-10-27/h2-7,20H,9H2,1H3,(H6,28,29,30,31,32,33). The maximum atomic E-state index is 13.4. The van der Waals surface area contributed by atoms with E-state index in [0.29, 0.717) is 28.2 Å². The van der Waals surface area contributed by atoms with Crippen LogP contribution in [0.3, 0.4) is 0 Å². The number of aromatic nitrogens is 1. The molecule has 0 saturated carbocycles. The predicted octanol–water partition coefficient (Wildman–Crippen LogP) is 3.44. The molecule has 1 unspecified atom stereocenters. The number of nitrogens with two attached hydrogens (primary N) is 2. The maximum absolute atomic E-state index is 13.4. The number of anilines is 3. The van der Waals surface area contributed by atoms with Gasteiger partial charge >= 0.3 is 0 Å². The predicted molar refractivity (Wildman–Crippen MR) is 128 cm³/mol. The Morgan fingerprint density at radius 2 is 2.00 bits per heavy atom. The molecule has 0 bridgehead atoms. The number of nitrogens with one attached hydrogen (secondary N) is 2. The first-order chi connectivity index (χ1) is 16.9. The molecule has 3 aromatic rings. The Hall–Kier alpha value is -4.74. The van der Waals surface area contributed by atoms with Crippen LogP contribution in [0.1, 0.15) is 28.3 Å². The number of rotatable bonds is 5. The molecule has 2 aromatic carbocycles. The summed E-state index contributed by atoms with van der Waals surface area (Å²) in [5, 5.41) is 24.1. The van der Waals surface area contributed by atoms with Gasteiger partial charge in [0, 0.05) is 11.1 Å². The van der Waals surface area contributed by atoms with Crippen LogP contribution in [0.15, 0.2) is 41.4 Å². The van der Waals surface area contributed by atoms with Gasteiger partial charge in [-0.05, 0) is 29.8 Å². The van der Waals surface area contributed by atoms with E-state index in [0.717, 1.165) is 0 Å². The van der Waals surface area contributed by atoms with Crippen molar-refractivity contribution in [2.24, 2.45) is 4.99 Å². The molecule has 1 aromatic heterocycles. The molecule has 176 valence electrons. The van der Waals surface area contributed by atoms with Crippen LogP contribution in [-0.2, 0) is 6.61 Å². The third-order valence-corrected chi connectivity index (χ3v) is 5.61. The molecule has 2 heterocycles. The van der Waals surface area contributed by atoms with Gasteiger partial charge in [-0.1, -0.05) is 23.7 Å². The largest absolute Gasteiger partial charge is 0.493 e. The van der Waals surface area contributed by atoms with Crippen LogP contribution in [0.5, 0.6) is 11.5 Å². The zero-order valence-corrected chi connectivity index (χ0v) is 19.0. The molecule has 0 radical (unpaired) electrons. The zero-order valence-electron chi connectivity index (χ0n) is 18.3. The number of guanidine groups is 1. The molecule has 4 rings (SSSR count). The van der Waals surface area contributed by atoms with Crippen molar-refractivity contribution in [1.82, 2.24) is 10.3 Å². The molecule has 12 heteroatoms. The minimum Gasteiger partial charge on any atom is -0.493 e. The van der Waals surface area contributed by atoms with Crippen LogP contribution in [-0.4, -0.2) is 18.1 Å². The lowest BCUT2D eigenvalue weighted by Crippen LogP contribution is -2.32. The normalized spacial score (nSPS) is 14.0. The van der Waals surface area contributed by atoms with Gasteiger partial charge in [0.1, 0.15) is 41.7 Å². The Balaban J connectivity index is 1.77. The summed E-state index contributed by atoms with van der Waals surface area (Å²) in [4.78, 5) is 8.77. The topological polar surface area (TPSA) is 167 Å². The van der Waals surface area contributed by atoms with Crippen molar-refractivity contribution in [3.63, 3.8) is 0 Å². The number of fused-ring (bicyclic) bond motifs is 1. The summed E-state index contributed by atoms with van der Waals surface area (Å²) >= 11 is 6.12. The van der Waals surface area contributed by atoms with Gasteiger partial charge in [-0.15, -0.1) is 0 Å². The van der Waals surface area contributed by atoms with Crippen molar-refractivity contribution in [3.8, 4) is 23.8 Å². The third kappa shape index (κ3) is 4.53. The lowest BCUT2D eigenvalue weighted by Gasteiger charge is -2.26. The van der Waals surface area contributed by atoms with Crippen LogP contribution < -0.4 is 31.6 Å². The first-order valence-electron chi connectivity index (χ1n) is 10.1. The Morgan fingerprint density at radius 1 is 1.20 bits per heavy atom. The van der Waals surface area contributed by atoms with Crippen molar-refractivity contribution < 1.29 is 13.9 Å². The number of nitrogen functional groups attached to an aromatic ring is 2. The van der Waals surface area contributed by atoms with Crippen LogP contribution in [0.2, 0.25) is 5.02 Å². The number of methoxy groups -OCH3 is 1. The molecule has 0 fully saturated rings. The lowest BCUT2D eigenvalue weighted by atomic mass is 9.95. The van der Waals surface area contributed by atoms with E-state index in [1.165, 1.54) is 25.3 Å². The molecule has 0 saturated heterocycles. The van der Waals surface area contributed by atoms with Crippen molar-refractivity contribution in [2.45, 2.75) is 12.6 Å². The molecule has 1 aliphatic heterocycles. The van der Waals surface area contributed by atoms with Gasteiger partial charge in [0.25, 0.3) is 0 Å². The van der Waals surface area contributed by atoms with Gasteiger partial charge in [0.05, 0.1) is 17.8 Å². The minimum absolute atomic E-state index is 0.0263. The highest BCUT2D eigenvalue weighted by molar-refractivity contribution is 6.31. The second-order valence-electron chi connectivity index (χ2n) is 7.34. The van der Waals surface area contributed by atoms with Gasteiger partial charge < -0.3 is 26.3 Å². The second kappa shape index (κ2) is 9.63. The first-order valence-corrected chi connectivity index (χ1v) is 10.5. The SMILES string of the molecule is COc1ccc(C2N=C(NC#N)Nc3nc(N)c(C#N)c(N)c32)cc1OCc1ccc(F)cc1Cl. The quantitative estimate of drug-likeness (QED) is 0.308. The molecule has 10 nitrogen and oxygen atoms in total. The molecular formula is C23H18ClFN8O2. The number of hydrogen-bond donors (Lipinski definition) is 4. The number of nitrogens with zero attached hydrogens (tertiary/aromatic N) is 4. The molecule has 6 N–H and O–H groups in total. The van der Waals surface area contributed by atoms with Crippen molar-refractivity contribution in [2.75, 3.05) is 23.9 Å². The number of hydrogen-bond acceptors (Lipinski definition) is 10. The second-order valence-corrected chi connectivity index (χ2v) is 7.74. The van der Waals surface area contributed by atoms with Gasteiger partial charge in [0.2, 0.25) is 5.96 Å².